The Kier molecular flexibility index (Phi) is 12.1. The maximum Gasteiger partial charge on any atom is 0.333 e. The maximum absolute atomic E-state index is 11.4. The number of hydrogen-bond acceptors (Lipinski definition) is 3. The van der Waals surface area contributed by atoms with Crippen molar-refractivity contribution in [2.24, 2.45) is 5.92 Å². The maximum atomic E-state index is 11.4. The zero-order chi connectivity index (χ0) is 17.7. The van der Waals surface area contributed by atoms with Crippen LogP contribution in [0, 0.1) is 5.92 Å². The van der Waals surface area contributed by atoms with Crippen molar-refractivity contribution in [2.45, 2.75) is 91.1 Å². The van der Waals surface area contributed by atoms with Crippen LogP contribution < -0.4 is 0 Å². The van der Waals surface area contributed by atoms with E-state index in [4.69, 9.17) is 9.47 Å². The molecule has 0 fully saturated rings. The van der Waals surface area contributed by atoms with Gasteiger partial charge in [0, 0.05) is 12.7 Å². The summed E-state index contributed by atoms with van der Waals surface area (Å²) in [6.07, 6.45) is 11.0. The van der Waals surface area contributed by atoms with Gasteiger partial charge in [0.1, 0.15) is 0 Å². The second kappa shape index (κ2) is 12.6. The number of hydrogen-bond donors (Lipinski definition) is 0. The van der Waals surface area contributed by atoms with Crippen molar-refractivity contribution in [1.29, 1.82) is 0 Å². The molecule has 0 saturated carbocycles. The summed E-state index contributed by atoms with van der Waals surface area (Å²) in [6.45, 7) is 12.3. The van der Waals surface area contributed by atoms with Gasteiger partial charge in [0.25, 0.3) is 0 Å². The SMILES string of the molecule is C=C(C)C(=O)OCCC[C@@H](CCCCCCCC)C(C)(C)OC. The molecule has 0 spiro atoms. The number of methoxy groups -OCH3 is 1. The van der Waals surface area contributed by atoms with Gasteiger partial charge >= 0.3 is 5.97 Å². The first-order valence-corrected chi connectivity index (χ1v) is 9.23. The van der Waals surface area contributed by atoms with Crippen LogP contribution in [0.1, 0.15) is 85.5 Å². The lowest BCUT2D eigenvalue weighted by molar-refractivity contribution is -0.139. The second-order valence-corrected chi connectivity index (χ2v) is 7.12. The van der Waals surface area contributed by atoms with Crippen molar-refractivity contribution >= 4 is 5.97 Å². The predicted molar refractivity (Wildman–Crippen MR) is 97.6 cm³/mol. The molecule has 0 aliphatic rings. The first-order chi connectivity index (χ1) is 10.8. The average Bonchev–Trinajstić information content (AvgIpc) is 2.51. The minimum atomic E-state index is -0.288. The highest BCUT2D eigenvalue weighted by molar-refractivity contribution is 5.86. The van der Waals surface area contributed by atoms with Crippen LogP contribution in [0.5, 0.6) is 0 Å². The minimum Gasteiger partial charge on any atom is -0.462 e. The monoisotopic (exact) mass is 326 g/mol. The van der Waals surface area contributed by atoms with Gasteiger partial charge in [0.05, 0.1) is 12.2 Å². The molecule has 0 heterocycles. The van der Waals surface area contributed by atoms with Gasteiger partial charge in [-0.3, -0.25) is 0 Å². The zero-order valence-corrected chi connectivity index (χ0v) is 16.1. The van der Waals surface area contributed by atoms with Crippen LogP contribution in [-0.2, 0) is 14.3 Å². The Bertz CT molecular complexity index is 334. The lowest BCUT2D eigenvalue weighted by atomic mass is 9.82. The van der Waals surface area contributed by atoms with Gasteiger partial charge in [-0.25, -0.2) is 4.79 Å². The third-order valence-electron chi connectivity index (χ3n) is 4.69. The van der Waals surface area contributed by atoms with Gasteiger partial charge in [-0.1, -0.05) is 52.0 Å². The molecule has 136 valence electrons. The van der Waals surface area contributed by atoms with Crippen LogP contribution in [0.3, 0.4) is 0 Å². The highest BCUT2D eigenvalue weighted by Gasteiger charge is 2.28. The summed E-state index contributed by atoms with van der Waals surface area (Å²) in [5, 5.41) is 0. The van der Waals surface area contributed by atoms with Crippen molar-refractivity contribution in [3.05, 3.63) is 12.2 Å². The first-order valence-electron chi connectivity index (χ1n) is 9.23. The molecule has 0 bridgehead atoms. The number of carbonyl (C=O) groups is 1. The van der Waals surface area contributed by atoms with E-state index >= 15 is 0 Å². The Hall–Kier alpha value is -0.830. The van der Waals surface area contributed by atoms with Gasteiger partial charge in [-0.2, -0.15) is 0 Å². The van der Waals surface area contributed by atoms with Gasteiger partial charge in [-0.05, 0) is 46.0 Å². The Balaban J connectivity index is 4.11. The zero-order valence-electron chi connectivity index (χ0n) is 16.1. The number of carbonyl (C=O) groups excluding carboxylic acids is 1. The Morgan fingerprint density at radius 1 is 1.04 bits per heavy atom. The summed E-state index contributed by atoms with van der Waals surface area (Å²) < 4.78 is 10.9. The summed E-state index contributed by atoms with van der Waals surface area (Å²) in [4.78, 5) is 11.4. The molecule has 0 aromatic heterocycles. The molecule has 0 aliphatic carbocycles. The van der Waals surface area contributed by atoms with Crippen LogP contribution in [0.15, 0.2) is 12.2 Å². The third kappa shape index (κ3) is 10.5. The van der Waals surface area contributed by atoms with E-state index in [0.29, 0.717) is 18.1 Å². The molecule has 0 N–H and O–H groups in total. The van der Waals surface area contributed by atoms with Crippen molar-refractivity contribution in [3.8, 4) is 0 Å². The van der Waals surface area contributed by atoms with E-state index in [1.807, 2.05) is 0 Å². The van der Waals surface area contributed by atoms with Crippen LogP contribution in [0.25, 0.3) is 0 Å². The fraction of sp³-hybridized carbons (Fsp3) is 0.850. The summed E-state index contributed by atoms with van der Waals surface area (Å²) in [6, 6.07) is 0. The van der Waals surface area contributed by atoms with E-state index in [0.717, 1.165) is 12.8 Å². The summed E-state index contributed by atoms with van der Waals surface area (Å²) in [5.74, 6) is 0.214. The third-order valence-corrected chi connectivity index (χ3v) is 4.69. The molecular formula is C20H38O3. The van der Waals surface area contributed by atoms with E-state index in [1.54, 1.807) is 14.0 Å². The molecule has 0 aliphatic heterocycles. The highest BCUT2D eigenvalue weighted by atomic mass is 16.5. The Labute approximate surface area is 143 Å². The quantitative estimate of drug-likeness (QED) is 0.234. The van der Waals surface area contributed by atoms with Crippen LogP contribution in [-0.4, -0.2) is 25.3 Å². The fourth-order valence-electron chi connectivity index (χ4n) is 2.80. The molecule has 23 heavy (non-hydrogen) atoms. The summed E-state index contributed by atoms with van der Waals surface area (Å²) in [7, 11) is 1.79. The van der Waals surface area contributed by atoms with E-state index in [-0.39, 0.29) is 11.6 Å². The molecule has 3 nitrogen and oxygen atoms in total. The predicted octanol–water partition coefficient (Wildman–Crippen LogP) is 5.68. The van der Waals surface area contributed by atoms with Crippen molar-refractivity contribution in [1.82, 2.24) is 0 Å². The number of unbranched alkanes of at least 4 members (excludes halogenated alkanes) is 5. The first kappa shape index (κ1) is 22.2. The summed E-state index contributed by atoms with van der Waals surface area (Å²) in [5.41, 5.74) is 0.341. The molecule has 1 atom stereocenters. The molecule has 0 aromatic carbocycles. The lowest BCUT2D eigenvalue weighted by Gasteiger charge is -2.33. The molecule has 0 radical (unpaired) electrons. The van der Waals surface area contributed by atoms with Crippen molar-refractivity contribution in [3.63, 3.8) is 0 Å². The Morgan fingerprint density at radius 3 is 2.17 bits per heavy atom. The molecule has 0 amide bonds. The molecule has 0 saturated heterocycles. The fourth-order valence-corrected chi connectivity index (χ4v) is 2.80. The van der Waals surface area contributed by atoms with E-state index in [9.17, 15) is 4.79 Å². The molecule has 0 unspecified atom stereocenters. The molecule has 0 aromatic rings. The second-order valence-electron chi connectivity index (χ2n) is 7.12. The lowest BCUT2D eigenvalue weighted by Crippen LogP contribution is -2.33. The van der Waals surface area contributed by atoms with Crippen LogP contribution in [0.2, 0.25) is 0 Å². The normalized spacial score (nSPS) is 12.9. The highest BCUT2D eigenvalue weighted by Crippen LogP contribution is 2.30. The standard InChI is InChI=1S/C20H38O3/c1-7-8-9-10-11-12-14-18(20(4,5)22-6)15-13-16-23-19(21)17(2)3/h18H,2,7-16H2,1,3-6H3/t18-/m1/s1. The smallest absolute Gasteiger partial charge is 0.333 e. The minimum absolute atomic E-state index is 0.123. The van der Waals surface area contributed by atoms with Crippen molar-refractivity contribution in [2.75, 3.05) is 13.7 Å². The number of ether oxygens (including phenoxy) is 2. The van der Waals surface area contributed by atoms with Crippen molar-refractivity contribution < 1.29 is 14.3 Å². The molecule has 3 heteroatoms. The summed E-state index contributed by atoms with van der Waals surface area (Å²) >= 11 is 0. The van der Waals surface area contributed by atoms with Gasteiger partial charge in [0.2, 0.25) is 0 Å². The van der Waals surface area contributed by atoms with E-state index in [2.05, 4.69) is 27.4 Å². The van der Waals surface area contributed by atoms with Gasteiger partial charge in [0.15, 0.2) is 0 Å². The Morgan fingerprint density at radius 2 is 1.61 bits per heavy atom. The average molecular weight is 327 g/mol. The number of esters is 1. The van der Waals surface area contributed by atoms with Crippen LogP contribution >= 0.6 is 0 Å². The van der Waals surface area contributed by atoms with Gasteiger partial charge in [-0.15, -0.1) is 0 Å². The van der Waals surface area contributed by atoms with E-state index < -0.39 is 0 Å². The number of rotatable bonds is 14. The molecule has 0 rings (SSSR count). The van der Waals surface area contributed by atoms with Crippen LogP contribution in [0.4, 0.5) is 0 Å². The largest absolute Gasteiger partial charge is 0.462 e. The van der Waals surface area contributed by atoms with Gasteiger partial charge < -0.3 is 9.47 Å². The van der Waals surface area contributed by atoms with E-state index in [1.165, 1.54) is 44.9 Å². The topological polar surface area (TPSA) is 35.5 Å². The molecular weight excluding hydrogens is 288 g/mol.